The van der Waals surface area contributed by atoms with Crippen molar-refractivity contribution in [3.63, 3.8) is 0 Å². The molecule has 2 rings (SSSR count). The van der Waals surface area contributed by atoms with Crippen LogP contribution in [0.5, 0.6) is 5.75 Å². The molecule has 0 saturated heterocycles. The van der Waals surface area contributed by atoms with Gasteiger partial charge in [-0.25, -0.2) is 4.79 Å². The second-order valence-corrected chi connectivity index (χ2v) is 4.13. The lowest BCUT2D eigenvalue weighted by Gasteiger charge is -2.19. The van der Waals surface area contributed by atoms with Crippen molar-refractivity contribution in [2.24, 2.45) is 0 Å². The standard InChI is InChI=1S/C15H16O4/c1-17-12-6-3-11(4-7-12)5-8-13-9-14(18-2)10-15(16)19-13/h3-8,10,13H,9H2,1-2H3/t13-/m0/s1. The van der Waals surface area contributed by atoms with Crippen molar-refractivity contribution in [1.29, 1.82) is 0 Å². The second-order valence-electron chi connectivity index (χ2n) is 4.13. The first-order chi connectivity index (χ1) is 9.21. The van der Waals surface area contributed by atoms with E-state index in [4.69, 9.17) is 14.2 Å². The van der Waals surface area contributed by atoms with E-state index in [0.29, 0.717) is 12.2 Å². The molecule has 4 heteroatoms. The minimum absolute atomic E-state index is 0.283. The lowest BCUT2D eigenvalue weighted by Crippen LogP contribution is -2.21. The van der Waals surface area contributed by atoms with Crippen LogP contribution < -0.4 is 4.74 Å². The van der Waals surface area contributed by atoms with Gasteiger partial charge < -0.3 is 14.2 Å². The van der Waals surface area contributed by atoms with Crippen molar-refractivity contribution in [3.05, 3.63) is 47.7 Å². The smallest absolute Gasteiger partial charge is 0.334 e. The van der Waals surface area contributed by atoms with Crippen molar-refractivity contribution < 1.29 is 19.0 Å². The zero-order valence-electron chi connectivity index (χ0n) is 11.0. The van der Waals surface area contributed by atoms with Gasteiger partial charge in [0.15, 0.2) is 0 Å². The van der Waals surface area contributed by atoms with Crippen LogP contribution >= 0.6 is 0 Å². The average Bonchev–Trinajstić information content (AvgIpc) is 2.45. The zero-order chi connectivity index (χ0) is 13.7. The highest BCUT2D eigenvalue weighted by Gasteiger charge is 2.19. The molecule has 0 radical (unpaired) electrons. The van der Waals surface area contributed by atoms with Gasteiger partial charge in [-0.1, -0.05) is 18.2 Å². The summed E-state index contributed by atoms with van der Waals surface area (Å²) >= 11 is 0. The third kappa shape index (κ3) is 3.61. The largest absolute Gasteiger partial charge is 0.501 e. The van der Waals surface area contributed by atoms with E-state index in [9.17, 15) is 4.79 Å². The fourth-order valence-corrected chi connectivity index (χ4v) is 1.80. The number of rotatable bonds is 4. The lowest BCUT2D eigenvalue weighted by molar-refractivity contribution is -0.142. The lowest BCUT2D eigenvalue weighted by atomic mass is 10.1. The fourth-order valence-electron chi connectivity index (χ4n) is 1.80. The highest BCUT2D eigenvalue weighted by Crippen LogP contribution is 2.18. The van der Waals surface area contributed by atoms with Gasteiger partial charge in [0.2, 0.25) is 0 Å². The number of ether oxygens (including phenoxy) is 3. The van der Waals surface area contributed by atoms with E-state index in [0.717, 1.165) is 11.3 Å². The summed E-state index contributed by atoms with van der Waals surface area (Å²) in [5, 5.41) is 0. The number of carbonyl (C=O) groups excluding carboxylic acids is 1. The maximum atomic E-state index is 11.3. The average molecular weight is 260 g/mol. The highest BCUT2D eigenvalue weighted by atomic mass is 16.5. The third-order valence-corrected chi connectivity index (χ3v) is 2.83. The summed E-state index contributed by atoms with van der Waals surface area (Å²) in [6.07, 6.45) is 5.42. The van der Waals surface area contributed by atoms with Gasteiger partial charge in [-0.3, -0.25) is 0 Å². The molecule has 0 aliphatic carbocycles. The minimum Gasteiger partial charge on any atom is -0.501 e. The van der Waals surface area contributed by atoms with Gasteiger partial charge in [0.25, 0.3) is 0 Å². The number of hydrogen-bond donors (Lipinski definition) is 0. The molecule has 0 amide bonds. The summed E-state index contributed by atoms with van der Waals surface area (Å²) in [7, 11) is 3.18. The monoisotopic (exact) mass is 260 g/mol. The Balaban J connectivity index is 2.02. The number of carbonyl (C=O) groups is 1. The van der Waals surface area contributed by atoms with E-state index in [1.165, 1.54) is 6.08 Å². The zero-order valence-corrected chi connectivity index (χ0v) is 11.0. The van der Waals surface area contributed by atoms with Crippen molar-refractivity contribution in [2.75, 3.05) is 14.2 Å². The van der Waals surface area contributed by atoms with Crippen LogP contribution in [0.3, 0.4) is 0 Å². The molecule has 0 spiro atoms. The normalized spacial score (nSPS) is 18.9. The first kappa shape index (κ1) is 13.2. The van der Waals surface area contributed by atoms with E-state index in [1.807, 2.05) is 36.4 Å². The molecule has 1 aliphatic rings. The molecule has 100 valence electrons. The van der Waals surface area contributed by atoms with Crippen LogP contribution in [0.1, 0.15) is 12.0 Å². The molecule has 0 aromatic heterocycles. The first-order valence-corrected chi connectivity index (χ1v) is 5.98. The second kappa shape index (κ2) is 6.09. The summed E-state index contributed by atoms with van der Waals surface area (Å²) in [5.74, 6) is 1.08. The molecule has 1 aromatic rings. The molecule has 0 N–H and O–H groups in total. The van der Waals surface area contributed by atoms with Gasteiger partial charge in [0, 0.05) is 6.42 Å². The summed E-state index contributed by atoms with van der Waals surface area (Å²) in [4.78, 5) is 11.3. The van der Waals surface area contributed by atoms with E-state index in [1.54, 1.807) is 14.2 Å². The fraction of sp³-hybridized carbons (Fsp3) is 0.267. The molecule has 0 fully saturated rings. The number of hydrogen-bond acceptors (Lipinski definition) is 4. The first-order valence-electron chi connectivity index (χ1n) is 5.98. The van der Waals surface area contributed by atoms with Gasteiger partial charge in [-0.2, -0.15) is 0 Å². The summed E-state index contributed by atoms with van der Waals surface area (Å²) in [6.45, 7) is 0. The molecule has 4 nitrogen and oxygen atoms in total. The Bertz CT molecular complexity index is 499. The Kier molecular flexibility index (Phi) is 4.23. The van der Waals surface area contributed by atoms with Gasteiger partial charge >= 0.3 is 5.97 Å². The Labute approximate surface area is 112 Å². The molecule has 0 unspecified atom stereocenters. The van der Waals surface area contributed by atoms with E-state index >= 15 is 0 Å². The van der Waals surface area contributed by atoms with Crippen LogP contribution in [-0.4, -0.2) is 26.3 Å². The van der Waals surface area contributed by atoms with E-state index in [2.05, 4.69) is 0 Å². The van der Waals surface area contributed by atoms with Crippen LogP contribution in [0.4, 0.5) is 0 Å². The molecule has 0 bridgehead atoms. The highest BCUT2D eigenvalue weighted by molar-refractivity contribution is 5.83. The summed E-state index contributed by atoms with van der Waals surface area (Å²) < 4.78 is 15.4. The summed E-state index contributed by atoms with van der Waals surface area (Å²) in [6, 6.07) is 7.64. The third-order valence-electron chi connectivity index (χ3n) is 2.83. The van der Waals surface area contributed by atoms with Gasteiger partial charge in [0.05, 0.1) is 20.3 Å². The maximum Gasteiger partial charge on any atom is 0.334 e. The van der Waals surface area contributed by atoms with Crippen molar-refractivity contribution in [1.82, 2.24) is 0 Å². The Hall–Kier alpha value is -2.23. The van der Waals surface area contributed by atoms with Crippen molar-refractivity contribution >= 4 is 12.0 Å². The molecule has 1 heterocycles. The van der Waals surface area contributed by atoms with Crippen LogP contribution in [-0.2, 0) is 14.3 Å². The quantitative estimate of drug-likeness (QED) is 0.780. The van der Waals surface area contributed by atoms with Crippen LogP contribution in [0.15, 0.2) is 42.2 Å². The molecule has 1 aliphatic heterocycles. The number of esters is 1. The molecule has 1 aromatic carbocycles. The topological polar surface area (TPSA) is 44.8 Å². The SMILES string of the molecule is COC1=CC(=O)O[C@@H](C=Cc2ccc(OC)cc2)C1. The maximum absolute atomic E-state index is 11.3. The van der Waals surface area contributed by atoms with Crippen LogP contribution in [0.25, 0.3) is 6.08 Å². The Morgan fingerprint density at radius 2 is 1.95 bits per heavy atom. The number of methoxy groups -OCH3 is 2. The van der Waals surface area contributed by atoms with E-state index in [-0.39, 0.29) is 12.1 Å². The van der Waals surface area contributed by atoms with Crippen LogP contribution in [0.2, 0.25) is 0 Å². The molecule has 1 atom stereocenters. The number of benzene rings is 1. The van der Waals surface area contributed by atoms with Gasteiger partial charge in [-0.05, 0) is 23.8 Å². The predicted octanol–water partition coefficient (Wildman–Crippen LogP) is 2.55. The molecular weight excluding hydrogens is 244 g/mol. The van der Waals surface area contributed by atoms with Gasteiger partial charge in [-0.15, -0.1) is 0 Å². The predicted molar refractivity (Wildman–Crippen MR) is 71.6 cm³/mol. The summed E-state index contributed by atoms with van der Waals surface area (Å²) in [5.41, 5.74) is 1.02. The van der Waals surface area contributed by atoms with E-state index < -0.39 is 0 Å². The van der Waals surface area contributed by atoms with Gasteiger partial charge in [0.1, 0.15) is 17.6 Å². The molecular formula is C15H16O4. The Morgan fingerprint density at radius 3 is 2.58 bits per heavy atom. The molecule has 19 heavy (non-hydrogen) atoms. The van der Waals surface area contributed by atoms with Crippen molar-refractivity contribution in [2.45, 2.75) is 12.5 Å². The number of cyclic esters (lactones) is 1. The van der Waals surface area contributed by atoms with Crippen LogP contribution in [0, 0.1) is 0 Å². The Morgan fingerprint density at radius 1 is 1.21 bits per heavy atom. The molecule has 0 saturated carbocycles. The minimum atomic E-state index is -0.368. The van der Waals surface area contributed by atoms with Crippen molar-refractivity contribution in [3.8, 4) is 5.75 Å².